The zero-order chi connectivity index (χ0) is 27.7. The minimum Gasteiger partial charge on any atom is -0.496 e. The Hall–Kier alpha value is -4.28. The number of benzene rings is 2. The summed E-state index contributed by atoms with van der Waals surface area (Å²) in [4.78, 5) is 22.6. The maximum atomic E-state index is 13.8. The van der Waals surface area contributed by atoms with Crippen LogP contribution in [0.3, 0.4) is 0 Å². The van der Waals surface area contributed by atoms with Gasteiger partial charge in [0, 0.05) is 29.1 Å². The molecule has 0 fully saturated rings. The average Bonchev–Trinajstić information content (AvgIpc) is 3.37. The number of allylic oxidation sites excluding steroid dienone is 1. The molecule has 1 aliphatic heterocycles. The fraction of sp³-hybridized carbons (Fsp3) is 0.185. The van der Waals surface area contributed by atoms with E-state index in [1.54, 1.807) is 73.6 Å². The lowest BCUT2D eigenvalue weighted by molar-refractivity contribution is -0.113. The summed E-state index contributed by atoms with van der Waals surface area (Å²) in [5.74, 6) is 1.87. The van der Waals surface area contributed by atoms with Gasteiger partial charge in [0.05, 0.1) is 48.8 Å². The number of anilines is 2. The lowest BCUT2D eigenvalue weighted by Crippen LogP contribution is -2.31. The number of nitrogens with one attached hydrogen (secondary N) is 2. The highest BCUT2D eigenvalue weighted by Gasteiger charge is 2.37. The van der Waals surface area contributed by atoms with Crippen LogP contribution in [-0.4, -0.2) is 47.0 Å². The number of halogens is 2. The fourth-order valence-corrected chi connectivity index (χ4v) is 4.69. The number of amides is 1. The van der Waals surface area contributed by atoms with Gasteiger partial charge in [-0.25, -0.2) is 4.68 Å². The van der Waals surface area contributed by atoms with Crippen LogP contribution in [0.2, 0.25) is 10.0 Å². The number of aromatic nitrogens is 4. The van der Waals surface area contributed by atoms with E-state index in [0.717, 1.165) is 0 Å². The summed E-state index contributed by atoms with van der Waals surface area (Å²) in [5.41, 5.74) is 2.78. The van der Waals surface area contributed by atoms with Gasteiger partial charge >= 0.3 is 0 Å². The fourth-order valence-electron chi connectivity index (χ4n) is 4.39. The first-order valence-electron chi connectivity index (χ1n) is 11.8. The monoisotopic (exact) mass is 566 g/mol. The van der Waals surface area contributed by atoms with E-state index in [9.17, 15) is 4.79 Å². The van der Waals surface area contributed by atoms with Crippen molar-refractivity contribution in [3.63, 3.8) is 0 Å². The van der Waals surface area contributed by atoms with Crippen LogP contribution in [0.5, 0.6) is 17.2 Å². The maximum absolute atomic E-state index is 13.8. The van der Waals surface area contributed by atoms with Gasteiger partial charge in [-0.05, 0) is 43.3 Å². The Morgan fingerprint density at radius 2 is 1.74 bits per heavy atom. The summed E-state index contributed by atoms with van der Waals surface area (Å²) in [7, 11) is 4.62. The van der Waals surface area contributed by atoms with E-state index >= 15 is 0 Å². The van der Waals surface area contributed by atoms with Gasteiger partial charge in [0.2, 0.25) is 5.95 Å². The number of carbonyl (C=O) groups excluding carboxylic acids is 1. The van der Waals surface area contributed by atoms with Crippen LogP contribution in [0.25, 0.3) is 11.4 Å². The van der Waals surface area contributed by atoms with Crippen molar-refractivity contribution in [2.45, 2.75) is 13.0 Å². The largest absolute Gasteiger partial charge is 0.496 e. The zero-order valence-corrected chi connectivity index (χ0v) is 23.0. The first-order valence-corrected chi connectivity index (χ1v) is 12.5. The second-order valence-corrected chi connectivity index (χ2v) is 9.36. The van der Waals surface area contributed by atoms with Gasteiger partial charge in [-0.3, -0.25) is 9.78 Å². The summed E-state index contributed by atoms with van der Waals surface area (Å²) in [6, 6.07) is 11.4. The predicted molar refractivity (Wildman–Crippen MR) is 149 cm³/mol. The summed E-state index contributed by atoms with van der Waals surface area (Å²) >= 11 is 12.4. The van der Waals surface area contributed by atoms with Crippen LogP contribution in [0.4, 0.5) is 11.6 Å². The van der Waals surface area contributed by atoms with Crippen molar-refractivity contribution in [2.24, 2.45) is 0 Å². The number of carbonyl (C=O) groups is 1. The molecule has 3 heterocycles. The molecule has 0 aliphatic carbocycles. The smallest absolute Gasteiger partial charge is 0.255 e. The molecule has 0 saturated heterocycles. The van der Waals surface area contributed by atoms with E-state index in [-0.39, 0.29) is 5.91 Å². The minimum absolute atomic E-state index is 0.355. The molecule has 0 spiro atoms. The molecular weight excluding hydrogens is 543 g/mol. The first-order chi connectivity index (χ1) is 18.8. The quantitative estimate of drug-likeness (QED) is 0.297. The standard InChI is InChI=1S/C27H24Cl2N6O4/c1-14-23(26(36)32-16-6-5-9-30-13-16)24(17-11-21(38-3)22(39-4)12-20(17)37-2)35-27(31-14)33-25(34-35)15-7-8-18(28)19(29)10-15/h5-13,24H,1-4H3,(H,32,36)(H,31,33,34). The number of nitrogens with zero attached hydrogens (tertiary/aromatic N) is 4. The van der Waals surface area contributed by atoms with Crippen LogP contribution in [-0.2, 0) is 4.79 Å². The van der Waals surface area contributed by atoms with E-state index in [0.29, 0.717) is 67.2 Å². The highest BCUT2D eigenvalue weighted by molar-refractivity contribution is 6.42. The maximum Gasteiger partial charge on any atom is 0.255 e. The normalized spacial score (nSPS) is 14.4. The molecule has 0 saturated carbocycles. The average molecular weight is 567 g/mol. The molecule has 0 bridgehead atoms. The van der Waals surface area contributed by atoms with Gasteiger partial charge in [0.15, 0.2) is 17.3 Å². The Morgan fingerprint density at radius 3 is 2.41 bits per heavy atom. The van der Waals surface area contributed by atoms with E-state index in [4.69, 9.17) is 47.5 Å². The molecule has 1 aliphatic rings. The number of ether oxygens (including phenoxy) is 3. The van der Waals surface area contributed by atoms with E-state index in [1.165, 1.54) is 14.2 Å². The Morgan fingerprint density at radius 1 is 1.00 bits per heavy atom. The second-order valence-electron chi connectivity index (χ2n) is 8.54. The van der Waals surface area contributed by atoms with Crippen molar-refractivity contribution in [1.29, 1.82) is 0 Å². The summed E-state index contributed by atoms with van der Waals surface area (Å²) in [6.07, 6.45) is 3.20. The van der Waals surface area contributed by atoms with Gasteiger partial charge in [-0.15, -0.1) is 5.10 Å². The van der Waals surface area contributed by atoms with E-state index < -0.39 is 6.04 Å². The lowest BCUT2D eigenvalue weighted by Gasteiger charge is -2.30. The van der Waals surface area contributed by atoms with Crippen molar-refractivity contribution < 1.29 is 19.0 Å². The number of rotatable bonds is 7. The number of methoxy groups -OCH3 is 3. The molecule has 0 radical (unpaired) electrons. The van der Waals surface area contributed by atoms with Gasteiger partial charge < -0.3 is 24.8 Å². The third-order valence-electron chi connectivity index (χ3n) is 6.22. The molecule has 10 nitrogen and oxygen atoms in total. The van der Waals surface area contributed by atoms with Crippen LogP contribution < -0.4 is 24.8 Å². The van der Waals surface area contributed by atoms with Gasteiger partial charge in [-0.2, -0.15) is 4.98 Å². The highest BCUT2D eigenvalue weighted by Crippen LogP contribution is 2.44. The third kappa shape index (κ3) is 4.96. The number of fused-ring (bicyclic) bond motifs is 1. The summed E-state index contributed by atoms with van der Waals surface area (Å²) in [5, 5.41) is 11.7. The molecule has 2 N–H and O–H groups in total. The lowest BCUT2D eigenvalue weighted by atomic mass is 9.93. The number of pyridine rings is 1. The molecule has 5 rings (SSSR count). The van der Waals surface area contributed by atoms with Crippen LogP contribution in [0, 0.1) is 0 Å². The summed E-state index contributed by atoms with van der Waals surface area (Å²) < 4.78 is 18.4. The Kier molecular flexibility index (Phi) is 7.32. The molecule has 2 aromatic carbocycles. The molecule has 39 heavy (non-hydrogen) atoms. The Labute approximate surface area is 234 Å². The SMILES string of the molecule is COc1cc(OC)c(C2C(C(=O)Nc3cccnc3)=C(C)Nc3nc(-c4ccc(Cl)c(Cl)c4)nn32)cc1OC. The molecule has 1 unspecified atom stereocenters. The van der Waals surface area contributed by atoms with Gasteiger partial charge in [-0.1, -0.05) is 23.2 Å². The molecule has 200 valence electrons. The first kappa shape index (κ1) is 26.3. The van der Waals surface area contributed by atoms with Crippen molar-refractivity contribution in [1.82, 2.24) is 19.7 Å². The molecule has 1 atom stereocenters. The molecule has 4 aromatic rings. The van der Waals surface area contributed by atoms with Crippen molar-refractivity contribution in [3.8, 4) is 28.6 Å². The molecule has 12 heteroatoms. The second kappa shape index (κ2) is 10.8. The van der Waals surface area contributed by atoms with E-state index in [1.807, 2.05) is 0 Å². The molecule has 1 amide bonds. The highest BCUT2D eigenvalue weighted by atomic mass is 35.5. The zero-order valence-electron chi connectivity index (χ0n) is 21.5. The number of hydrogen-bond acceptors (Lipinski definition) is 8. The van der Waals surface area contributed by atoms with Gasteiger partial charge in [0.1, 0.15) is 11.8 Å². The summed E-state index contributed by atoms with van der Waals surface area (Å²) in [6.45, 7) is 1.80. The molecule has 2 aromatic heterocycles. The van der Waals surface area contributed by atoms with Crippen molar-refractivity contribution in [2.75, 3.05) is 32.0 Å². The van der Waals surface area contributed by atoms with Crippen LogP contribution >= 0.6 is 23.2 Å². The van der Waals surface area contributed by atoms with Crippen molar-refractivity contribution >= 4 is 40.7 Å². The van der Waals surface area contributed by atoms with Crippen molar-refractivity contribution in [3.05, 3.63) is 81.7 Å². The van der Waals surface area contributed by atoms with Crippen LogP contribution in [0.1, 0.15) is 18.5 Å². The number of hydrogen-bond donors (Lipinski definition) is 2. The Balaban J connectivity index is 1.69. The minimum atomic E-state index is -0.753. The topological polar surface area (TPSA) is 112 Å². The predicted octanol–water partition coefficient (Wildman–Crippen LogP) is 5.60. The van der Waals surface area contributed by atoms with Crippen LogP contribution in [0.15, 0.2) is 66.1 Å². The van der Waals surface area contributed by atoms with E-state index in [2.05, 4.69) is 15.6 Å². The third-order valence-corrected chi connectivity index (χ3v) is 6.96. The van der Waals surface area contributed by atoms with Gasteiger partial charge in [0.25, 0.3) is 5.91 Å². The Bertz CT molecular complexity index is 1590. The molecular formula is C27H24Cl2N6O4.